The summed E-state index contributed by atoms with van der Waals surface area (Å²) in [5, 5.41) is 2.95. The molecule has 1 fully saturated rings. The average Bonchev–Trinajstić information content (AvgIpc) is 2.79. The molecule has 0 unspecified atom stereocenters. The van der Waals surface area contributed by atoms with E-state index in [0.29, 0.717) is 18.8 Å². The lowest BCUT2D eigenvalue weighted by molar-refractivity contribution is 0.132. The van der Waals surface area contributed by atoms with E-state index in [1.807, 2.05) is 24.3 Å². The predicted octanol–water partition coefficient (Wildman–Crippen LogP) is 4.15. The van der Waals surface area contributed by atoms with Crippen molar-refractivity contribution in [1.82, 2.24) is 14.7 Å². The predicted molar refractivity (Wildman–Crippen MR) is 129 cm³/mol. The lowest BCUT2D eigenvalue weighted by atomic mass is 10.1. The second kappa shape index (κ2) is 10.2. The summed E-state index contributed by atoms with van der Waals surface area (Å²) in [4.78, 5) is 17.5. The SMILES string of the molecule is Cl.Nc1ccc(CN(NS(=O)(=O)c2ccc3ccccc3c2)C(=O)N2CCCCC2)cc1. The van der Waals surface area contributed by atoms with Gasteiger partial charge in [0.2, 0.25) is 0 Å². The maximum atomic E-state index is 13.2. The molecule has 0 aromatic heterocycles. The van der Waals surface area contributed by atoms with Gasteiger partial charge in [0.25, 0.3) is 10.0 Å². The number of rotatable bonds is 5. The first-order chi connectivity index (χ1) is 14.9. The molecule has 1 aliphatic rings. The zero-order valence-electron chi connectivity index (χ0n) is 17.6. The zero-order valence-corrected chi connectivity index (χ0v) is 19.2. The number of likely N-dealkylation sites (tertiary alicyclic amines) is 1. The van der Waals surface area contributed by atoms with Crippen LogP contribution in [0.5, 0.6) is 0 Å². The number of urea groups is 1. The maximum Gasteiger partial charge on any atom is 0.335 e. The number of halogens is 1. The number of hydrogen-bond acceptors (Lipinski definition) is 4. The summed E-state index contributed by atoms with van der Waals surface area (Å²) in [6, 6.07) is 19.2. The average molecular weight is 475 g/mol. The Hall–Kier alpha value is -2.81. The number of amides is 2. The van der Waals surface area contributed by atoms with E-state index in [2.05, 4.69) is 4.83 Å². The molecule has 1 heterocycles. The molecule has 32 heavy (non-hydrogen) atoms. The topological polar surface area (TPSA) is 95.7 Å². The molecule has 0 atom stereocenters. The van der Waals surface area contributed by atoms with Crippen molar-refractivity contribution in [2.45, 2.75) is 30.7 Å². The van der Waals surface area contributed by atoms with Gasteiger partial charge in [-0.2, -0.15) is 0 Å². The number of nitrogens with two attached hydrogens (primary N) is 1. The molecule has 0 spiro atoms. The van der Waals surface area contributed by atoms with Crippen molar-refractivity contribution >= 4 is 44.9 Å². The molecule has 4 rings (SSSR count). The Labute approximate surface area is 194 Å². The molecule has 1 saturated heterocycles. The number of benzene rings is 3. The van der Waals surface area contributed by atoms with Crippen LogP contribution in [0.3, 0.4) is 0 Å². The minimum Gasteiger partial charge on any atom is -0.399 e. The van der Waals surface area contributed by atoms with E-state index in [4.69, 9.17) is 5.73 Å². The van der Waals surface area contributed by atoms with Crippen LogP contribution < -0.4 is 10.6 Å². The molecule has 0 saturated carbocycles. The van der Waals surface area contributed by atoms with Crippen LogP contribution in [0.25, 0.3) is 10.8 Å². The Kier molecular flexibility index (Phi) is 7.60. The smallest absolute Gasteiger partial charge is 0.335 e. The number of hydrazine groups is 1. The monoisotopic (exact) mass is 474 g/mol. The summed E-state index contributed by atoms with van der Waals surface area (Å²) in [6.45, 7) is 1.34. The molecule has 3 aromatic rings. The molecule has 2 amide bonds. The summed E-state index contributed by atoms with van der Waals surface area (Å²) < 4.78 is 26.3. The van der Waals surface area contributed by atoms with E-state index in [1.54, 1.807) is 47.4 Å². The van der Waals surface area contributed by atoms with Gasteiger partial charge < -0.3 is 10.6 Å². The third-order valence-electron chi connectivity index (χ3n) is 5.44. The first-order valence-corrected chi connectivity index (χ1v) is 11.8. The summed E-state index contributed by atoms with van der Waals surface area (Å²) in [7, 11) is -3.96. The molecule has 1 aliphatic heterocycles. The number of nitrogens with zero attached hydrogens (tertiary/aromatic N) is 2. The molecule has 0 aliphatic carbocycles. The number of carbonyl (C=O) groups excluding carboxylic acids is 1. The maximum absolute atomic E-state index is 13.2. The Bertz CT molecular complexity index is 1180. The van der Waals surface area contributed by atoms with E-state index in [9.17, 15) is 13.2 Å². The van der Waals surface area contributed by atoms with Gasteiger partial charge >= 0.3 is 6.03 Å². The largest absolute Gasteiger partial charge is 0.399 e. The highest BCUT2D eigenvalue weighted by molar-refractivity contribution is 7.89. The normalized spacial score (nSPS) is 14.1. The van der Waals surface area contributed by atoms with Crippen LogP contribution in [0, 0.1) is 0 Å². The van der Waals surface area contributed by atoms with E-state index < -0.39 is 10.0 Å². The lowest BCUT2D eigenvalue weighted by Gasteiger charge is -2.33. The molecule has 0 radical (unpaired) electrons. The highest BCUT2D eigenvalue weighted by atomic mass is 35.5. The Morgan fingerprint density at radius 3 is 2.28 bits per heavy atom. The fourth-order valence-corrected chi connectivity index (χ4v) is 4.80. The molecule has 170 valence electrons. The summed E-state index contributed by atoms with van der Waals surface area (Å²) in [6.07, 6.45) is 2.91. The summed E-state index contributed by atoms with van der Waals surface area (Å²) in [5.74, 6) is 0. The Morgan fingerprint density at radius 2 is 1.59 bits per heavy atom. The number of piperidine rings is 1. The number of hydrogen-bond donors (Lipinski definition) is 2. The van der Waals surface area contributed by atoms with Gasteiger partial charge in [0.1, 0.15) is 0 Å². The van der Waals surface area contributed by atoms with Crippen molar-refractivity contribution in [3.63, 3.8) is 0 Å². The van der Waals surface area contributed by atoms with Crippen molar-refractivity contribution in [2.24, 2.45) is 0 Å². The molecule has 0 bridgehead atoms. The molecule has 3 aromatic carbocycles. The molecule has 9 heteroatoms. The van der Waals surface area contributed by atoms with Crippen molar-refractivity contribution in [1.29, 1.82) is 0 Å². The van der Waals surface area contributed by atoms with Crippen molar-refractivity contribution in [3.05, 3.63) is 72.3 Å². The van der Waals surface area contributed by atoms with Crippen LogP contribution in [0.2, 0.25) is 0 Å². The Morgan fingerprint density at radius 1 is 0.938 bits per heavy atom. The van der Waals surface area contributed by atoms with Crippen LogP contribution >= 0.6 is 12.4 Å². The lowest BCUT2D eigenvalue weighted by Crippen LogP contribution is -2.52. The number of anilines is 1. The highest BCUT2D eigenvalue weighted by Crippen LogP contribution is 2.20. The fourth-order valence-electron chi connectivity index (χ4n) is 3.73. The standard InChI is InChI=1S/C23H26N4O3S.ClH/c24-21-11-8-18(9-12-21)17-27(23(28)26-14-4-1-5-15-26)25-31(29,30)22-13-10-19-6-2-3-7-20(19)16-22;/h2-3,6-13,16,25H,1,4-5,14-15,17,24H2;1H. The first kappa shape index (κ1) is 23.8. The molecular formula is C23H27ClN4O3S. The molecular weight excluding hydrogens is 448 g/mol. The molecule has 3 N–H and O–H groups in total. The summed E-state index contributed by atoms with van der Waals surface area (Å²) >= 11 is 0. The van der Waals surface area contributed by atoms with Crippen LogP contribution in [-0.4, -0.2) is 37.4 Å². The van der Waals surface area contributed by atoms with Gasteiger partial charge in [-0.25, -0.2) is 18.2 Å². The van der Waals surface area contributed by atoms with Gasteiger partial charge in [-0.15, -0.1) is 17.2 Å². The van der Waals surface area contributed by atoms with E-state index in [1.165, 1.54) is 5.01 Å². The minimum atomic E-state index is -3.96. The summed E-state index contributed by atoms with van der Waals surface area (Å²) in [5.41, 5.74) is 7.14. The van der Waals surface area contributed by atoms with Gasteiger partial charge in [0.05, 0.1) is 11.4 Å². The van der Waals surface area contributed by atoms with Gasteiger partial charge in [-0.05, 0) is 59.9 Å². The Balaban J connectivity index is 0.00000289. The number of sulfonamides is 1. The number of nitrogens with one attached hydrogen (secondary N) is 1. The van der Waals surface area contributed by atoms with Crippen LogP contribution in [-0.2, 0) is 16.6 Å². The van der Waals surface area contributed by atoms with Gasteiger partial charge in [-0.3, -0.25) is 0 Å². The van der Waals surface area contributed by atoms with Crippen molar-refractivity contribution in [3.8, 4) is 0 Å². The second-order valence-electron chi connectivity index (χ2n) is 7.76. The zero-order chi connectivity index (χ0) is 21.8. The number of nitrogen functional groups attached to an aromatic ring is 1. The third kappa shape index (κ3) is 5.51. The van der Waals surface area contributed by atoms with Crippen LogP contribution in [0.1, 0.15) is 24.8 Å². The van der Waals surface area contributed by atoms with E-state index >= 15 is 0 Å². The van der Waals surface area contributed by atoms with Gasteiger partial charge in [0, 0.05) is 18.8 Å². The van der Waals surface area contributed by atoms with Crippen molar-refractivity contribution < 1.29 is 13.2 Å². The fraction of sp³-hybridized carbons (Fsp3) is 0.261. The van der Waals surface area contributed by atoms with Gasteiger partial charge in [0.15, 0.2) is 0 Å². The number of fused-ring (bicyclic) bond motifs is 1. The third-order valence-corrected chi connectivity index (χ3v) is 6.77. The molecule has 7 nitrogen and oxygen atoms in total. The first-order valence-electron chi connectivity index (χ1n) is 10.3. The quantitative estimate of drug-likeness (QED) is 0.429. The van der Waals surface area contributed by atoms with Crippen molar-refractivity contribution in [2.75, 3.05) is 18.8 Å². The van der Waals surface area contributed by atoms with E-state index in [-0.39, 0.29) is 29.9 Å². The number of carbonyl (C=O) groups is 1. The van der Waals surface area contributed by atoms with Crippen LogP contribution in [0.15, 0.2) is 71.6 Å². The second-order valence-corrected chi connectivity index (χ2v) is 9.42. The highest BCUT2D eigenvalue weighted by Gasteiger charge is 2.27. The minimum absolute atomic E-state index is 0. The van der Waals surface area contributed by atoms with E-state index in [0.717, 1.165) is 35.6 Å². The van der Waals surface area contributed by atoms with Gasteiger partial charge in [-0.1, -0.05) is 42.5 Å². The van der Waals surface area contributed by atoms with Crippen LogP contribution in [0.4, 0.5) is 10.5 Å².